The van der Waals surface area contributed by atoms with E-state index in [1.165, 1.54) is 0 Å². The molecule has 0 radical (unpaired) electrons. The lowest BCUT2D eigenvalue weighted by molar-refractivity contribution is 0.284. The van der Waals surface area contributed by atoms with Crippen molar-refractivity contribution in [2.24, 2.45) is 0 Å². The number of rotatable bonds is 8. The highest BCUT2D eigenvalue weighted by Gasteiger charge is 2.07. The van der Waals surface area contributed by atoms with Crippen LogP contribution in [0.15, 0.2) is 72.8 Å². The predicted molar refractivity (Wildman–Crippen MR) is 106 cm³/mol. The second-order valence-corrected chi connectivity index (χ2v) is 6.18. The number of hydrogen-bond acceptors (Lipinski definition) is 4. The highest BCUT2D eigenvalue weighted by molar-refractivity contribution is 6.30. The maximum absolute atomic E-state index is 6.02. The van der Waals surface area contributed by atoms with Crippen LogP contribution in [0.3, 0.4) is 0 Å². The molecule has 0 heterocycles. The third-order valence-electron chi connectivity index (χ3n) is 3.81. The number of anilines is 1. The standard InChI is InChI=1S/C21H21ClN2O2/c1-25-20-11-10-16(14-23-24-19-8-3-2-4-9-19)13-21(20)26-15-17-6-5-7-18(22)12-17/h2-13,23-24H,14-15H2,1H3. The number of methoxy groups -OCH3 is 1. The molecule has 0 fully saturated rings. The van der Waals surface area contributed by atoms with E-state index in [0.29, 0.717) is 29.7 Å². The van der Waals surface area contributed by atoms with E-state index in [0.717, 1.165) is 16.8 Å². The van der Waals surface area contributed by atoms with Gasteiger partial charge < -0.3 is 14.9 Å². The molecule has 0 aliphatic rings. The van der Waals surface area contributed by atoms with Crippen molar-refractivity contribution in [2.75, 3.05) is 12.5 Å². The minimum atomic E-state index is 0.427. The van der Waals surface area contributed by atoms with Gasteiger partial charge in [-0.3, -0.25) is 0 Å². The fourth-order valence-corrected chi connectivity index (χ4v) is 2.71. The van der Waals surface area contributed by atoms with Gasteiger partial charge in [0.15, 0.2) is 11.5 Å². The molecule has 2 N–H and O–H groups in total. The zero-order chi connectivity index (χ0) is 18.2. The van der Waals surface area contributed by atoms with Crippen LogP contribution in [-0.2, 0) is 13.2 Å². The number of hydrazine groups is 1. The van der Waals surface area contributed by atoms with Gasteiger partial charge in [-0.1, -0.05) is 48.0 Å². The summed E-state index contributed by atoms with van der Waals surface area (Å²) in [6.45, 7) is 1.07. The molecular weight excluding hydrogens is 348 g/mol. The van der Waals surface area contributed by atoms with Gasteiger partial charge in [-0.2, -0.15) is 0 Å². The topological polar surface area (TPSA) is 42.5 Å². The fraction of sp³-hybridized carbons (Fsp3) is 0.143. The Kier molecular flexibility index (Phi) is 6.36. The quantitative estimate of drug-likeness (QED) is 0.546. The molecule has 0 spiro atoms. The minimum absolute atomic E-state index is 0.427. The molecule has 0 saturated heterocycles. The van der Waals surface area contributed by atoms with Gasteiger partial charge in [-0.15, -0.1) is 0 Å². The van der Waals surface area contributed by atoms with Crippen LogP contribution in [0.25, 0.3) is 0 Å². The van der Waals surface area contributed by atoms with Gasteiger partial charge in [0, 0.05) is 17.3 Å². The molecule has 0 aliphatic heterocycles. The average molecular weight is 369 g/mol. The summed E-state index contributed by atoms with van der Waals surface area (Å²) < 4.78 is 11.3. The van der Waals surface area contributed by atoms with Crippen molar-refractivity contribution in [1.29, 1.82) is 0 Å². The molecule has 26 heavy (non-hydrogen) atoms. The maximum atomic E-state index is 6.02. The smallest absolute Gasteiger partial charge is 0.161 e. The Bertz CT molecular complexity index is 840. The molecule has 3 aromatic carbocycles. The summed E-state index contributed by atoms with van der Waals surface area (Å²) in [6, 6.07) is 23.5. The molecule has 0 bridgehead atoms. The second-order valence-electron chi connectivity index (χ2n) is 5.75. The van der Waals surface area contributed by atoms with Crippen LogP contribution in [0.2, 0.25) is 5.02 Å². The van der Waals surface area contributed by atoms with Crippen LogP contribution in [0.4, 0.5) is 5.69 Å². The second kappa shape index (κ2) is 9.13. The Hall–Kier alpha value is -2.69. The summed E-state index contributed by atoms with van der Waals surface area (Å²) in [5, 5.41) is 0.697. The lowest BCUT2D eigenvalue weighted by Gasteiger charge is -2.13. The molecule has 0 saturated carbocycles. The van der Waals surface area contributed by atoms with Crippen LogP contribution < -0.4 is 20.3 Å². The van der Waals surface area contributed by atoms with Crippen molar-refractivity contribution in [3.63, 3.8) is 0 Å². The van der Waals surface area contributed by atoms with Crippen molar-refractivity contribution >= 4 is 17.3 Å². The number of nitrogens with one attached hydrogen (secondary N) is 2. The molecule has 0 amide bonds. The Morgan fingerprint density at radius 3 is 2.46 bits per heavy atom. The summed E-state index contributed by atoms with van der Waals surface area (Å²) >= 11 is 6.02. The predicted octanol–water partition coefficient (Wildman–Crippen LogP) is 5.04. The molecule has 0 unspecified atom stereocenters. The van der Waals surface area contributed by atoms with Gasteiger partial charge >= 0.3 is 0 Å². The first-order valence-electron chi connectivity index (χ1n) is 8.32. The first-order chi connectivity index (χ1) is 12.7. The Morgan fingerprint density at radius 1 is 0.846 bits per heavy atom. The highest BCUT2D eigenvalue weighted by atomic mass is 35.5. The number of halogens is 1. The van der Waals surface area contributed by atoms with Crippen molar-refractivity contribution < 1.29 is 9.47 Å². The van der Waals surface area contributed by atoms with Gasteiger partial charge in [-0.05, 0) is 47.5 Å². The lowest BCUT2D eigenvalue weighted by Crippen LogP contribution is -2.20. The number of para-hydroxylation sites is 1. The zero-order valence-corrected chi connectivity index (χ0v) is 15.3. The van der Waals surface area contributed by atoms with Gasteiger partial charge in [-0.25, -0.2) is 5.43 Å². The summed E-state index contributed by atoms with van der Waals surface area (Å²) in [7, 11) is 1.64. The molecule has 134 valence electrons. The molecule has 3 aromatic rings. The van der Waals surface area contributed by atoms with E-state index < -0.39 is 0 Å². The molecule has 4 nitrogen and oxygen atoms in total. The van der Waals surface area contributed by atoms with Crippen LogP contribution >= 0.6 is 11.6 Å². The fourth-order valence-electron chi connectivity index (χ4n) is 2.50. The Morgan fingerprint density at radius 2 is 1.69 bits per heavy atom. The summed E-state index contributed by atoms with van der Waals surface area (Å²) in [5.41, 5.74) is 9.47. The summed E-state index contributed by atoms with van der Waals surface area (Å²) in [5.74, 6) is 1.40. The number of ether oxygens (including phenoxy) is 2. The zero-order valence-electron chi connectivity index (χ0n) is 14.5. The van der Waals surface area contributed by atoms with E-state index in [-0.39, 0.29) is 0 Å². The van der Waals surface area contributed by atoms with Gasteiger partial charge in [0.2, 0.25) is 0 Å². The third-order valence-corrected chi connectivity index (χ3v) is 4.05. The van der Waals surface area contributed by atoms with E-state index in [4.69, 9.17) is 21.1 Å². The van der Waals surface area contributed by atoms with Gasteiger partial charge in [0.25, 0.3) is 0 Å². The monoisotopic (exact) mass is 368 g/mol. The number of benzene rings is 3. The molecular formula is C21H21ClN2O2. The highest BCUT2D eigenvalue weighted by Crippen LogP contribution is 2.29. The maximum Gasteiger partial charge on any atom is 0.161 e. The molecule has 0 aromatic heterocycles. The van der Waals surface area contributed by atoms with Crippen molar-refractivity contribution in [1.82, 2.24) is 5.43 Å². The van der Waals surface area contributed by atoms with Crippen LogP contribution in [-0.4, -0.2) is 7.11 Å². The lowest BCUT2D eigenvalue weighted by atomic mass is 10.2. The number of hydrogen-bond donors (Lipinski definition) is 2. The van der Waals surface area contributed by atoms with E-state index in [1.54, 1.807) is 7.11 Å². The molecule has 0 aliphatic carbocycles. The van der Waals surface area contributed by atoms with Crippen LogP contribution in [0.1, 0.15) is 11.1 Å². The first-order valence-corrected chi connectivity index (χ1v) is 8.70. The SMILES string of the molecule is COc1ccc(CNNc2ccccc2)cc1OCc1cccc(Cl)c1. The van der Waals surface area contributed by atoms with E-state index in [1.807, 2.05) is 72.8 Å². The van der Waals surface area contributed by atoms with E-state index in [9.17, 15) is 0 Å². The summed E-state index contributed by atoms with van der Waals surface area (Å²) in [6.07, 6.45) is 0. The van der Waals surface area contributed by atoms with Crippen molar-refractivity contribution in [3.05, 3.63) is 88.9 Å². The Balaban J connectivity index is 1.62. The van der Waals surface area contributed by atoms with Crippen LogP contribution in [0.5, 0.6) is 11.5 Å². The first kappa shape index (κ1) is 18.1. The van der Waals surface area contributed by atoms with Gasteiger partial charge in [0.05, 0.1) is 7.11 Å². The normalized spacial score (nSPS) is 10.4. The molecule has 5 heteroatoms. The average Bonchev–Trinajstić information content (AvgIpc) is 2.67. The summed E-state index contributed by atoms with van der Waals surface area (Å²) in [4.78, 5) is 0. The minimum Gasteiger partial charge on any atom is -0.493 e. The Labute approximate surface area is 158 Å². The third kappa shape index (κ3) is 5.15. The van der Waals surface area contributed by atoms with Crippen LogP contribution in [0, 0.1) is 0 Å². The van der Waals surface area contributed by atoms with E-state index in [2.05, 4.69) is 10.9 Å². The van der Waals surface area contributed by atoms with Crippen molar-refractivity contribution in [3.8, 4) is 11.5 Å². The van der Waals surface area contributed by atoms with Crippen molar-refractivity contribution in [2.45, 2.75) is 13.2 Å². The largest absolute Gasteiger partial charge is 0.493 e. The van der Waals surface area contributed by atoms with Gasteiger partial charge in [0.1, 0.15) is 6.61 Å². The molecule has 0 atom stereocenters. The van der Waals surface area contributed by atoms with E-state index >= 15 is 0 Å². The molecule has 3 rings (SSSR count).